The smallest absolute Gasteiger partial charge is 0.138 e. The van der Waals surface area contributed by atoms with E-state index in [9.17, 15) is 8.78 Å². The van der Waals surface area contributed by atoms with Gasteiger partial charge in [0.15, 0.2) is 0 Å². The molecule has 5 heteroatoms. The van der Waals surface area contributed by atoms with Crippen molar-refractivity contribution in [1.29, 1.82) is 0 Å². The maximum absolute atomic E-state index is 13.5. The highest BCUT2D eigenvalue weighted by molar-refractivity contribution is 6.32. The lowest BCUT2D eigenvalue weighted by molar-refractivity contribution is 0.299. The standard InChI is InChI=1S/C16H16ClF2NO/c1-2-20-9-11-3-6-16(14(17)7-11)21-10-12-4-5-13(18)8-15(12)19/h3-8,20H,2,9-10H2,1H3. The molecule has 0 aromatic heterocycles. The van der Waals surface area contributed by atoms with Gasteiger partial charge in [-0.3, -0.25) is 0 Å². The fourth-order valence-corrected chi connectivity index (χ4v) is 2.09. The fourth-order valence-electron chi connectivity index (χ4n) is 1.83. The number of hydrogen-bond acceptors (Lipinski definition) is 2. The minimum absolute atomic E-state index is 0.00160. The van der Waals surface area contributed by atoms with Crippen molar-refractivity contribution in [2.24, 2.45) is 0 Å². The Bertz CT molecular complexity index is 619. The summed E-state index contributed by atoms with van der Waals surface area (Å²) in [5, 5.41) is 3.66. The molecular formula is C16H16ClF2NO. The van der Waals surface area contributed by atoms with Crippen LogP contribution in [0.25, 0.3) is 0 Å². The first-order chi connectivity index (χ1) is 10.1. The summed E-state index contributed by atoms with van der Waals surface area (Å²) in [4.78, 5) is 0. The van der Waals surface area contributed by atoms with E-state index in [1.807, 2.05) is 13.0 Å². The van der Waals surface area contributed by atoms with Gasteiger partial charge in [-0.1, -0.05) is 24.6 Å². The second kappa shape index (κ2) is 7.38. The largest absolute Gasteiger partial charge is 0.487 e. The molecule has 21 heavy (non-hydrogen) atoms. The molecule has 0 saturated heterocycles. The fraction of sp³-hybridized carbons (Fsp3) is 0.250. The molecule has 0 atom stereocenters. The Hall–Kier alpha value is -1.65. The number of benzene rings is 2. The molecule has 112 valence electrons. The Morgan fingerprint density at radius 1 is 1.14 bits per heavy atom. The molecule has 0 aliphatic heterocycles. The quantitative estimate of drug-likeness (QED) is 0.858. The summed E-state index contributed by atoms with van der Waals surface area (Å²) in [6.45, 7) is 3.62. The van der Waals surface area contributed by atoms with E-state index in [4.69, 9.17) is 16.3 Å². The van der Waals surface area contributed by atoms with E-state index in [1.54, 1.807) is 12.1 Å². The van der Waals surface area contributed by atoms with Crippen molar-refractivity contribution in [3.63, 3.8) is 0 Å². The molecule has 0 bridgehead atoms. The van der Waals surface area contributed by atoms with Crippen LogP contribution in [0.1, 0.15) is 18.1 Å². The molecule has 0 unspecified atom stereocenters. The maximum Gasteiger partial charge on any atom is 0.138 e. The third-order valence-corrected chi connectivity index (χ3v) is 3.27. The van der Waals surface area contributed by atoms with Crippen LogP contribution in [0, 0.1) is 11.6 Å². The lowest BCUT2D eigenvalue weighted by atomic mass is 10.2. The van der Waals surface area contributed by atoms with Crippen LogP contribution < -0.4 is 10.1 Å². The summed E-state index contributed by atoms with van der Waals surface area (Å²) in [7, 11) is 0. The number of hydrogen-bond donors (Lipinski definition) is 1. The van der Waals surface area contributed by atoms with Crippen molar-refractivity contribution in [2.45, 2.75) is 20.1 Å². The minimum Gasteiger partial charge on any atom is -0.487 e. The molecule has 0 spiro atoms. The first-order valence-corrected chi connectivity index (χ1v) is 7.04. The van der Waals surface area contributed by atoms with Crippen molar-refractivity contribution < 1.29 is 13.5 Å². The van der Waals surface area contributed by atoms with Crippen LogP contribution in [-0.2, 0) is 13.2 Å². The van der Waals surface area contributed by atoms with Gasteiger partial charge in [-0.05, 0) is 36.4 Å². The van der Waals surface area contributed by atoms with Gasteiger partial charge in [-0.2, -0.15) is 0 Å². The molecule has 1 N–H and O–H groups in total. The van der Waals surface area contributed by atoms with E-state index in [1.165, 1.54) is 12.1 Å². The summed E-state index contributed by atoms with van der Waals surface area (Å²) in [5.41, 5.74) is 1.33. The number of ether oxygens (including phenoxy) is 1. The van der Waals surface area contributed by atoms with Crippen molar-refractivity contribution in [3.8, 4) is 5.75 Å². The van der Waals surface area contributed by atoms with Crippen LogP contribution in [0.15, 0.2) is 36.4 Å². The lowest BCUT2D eigenvalue weighted by Gasteiger charge is -2.10. The van der Waals surface area contributed by atoms with Crippen molar-refractivity contribution >= 4 is 11.6 Å². The zero-order valence-electron chi connectivity index (χ0n) is 11.6. The van der Waals surface area contributed by atoms with Gasteiger partial charge >= 0.3 is 0 Å². The van der Waals surface area contributed by atoms with Gasteiger partial charge in [0.1, 0.15) is 24.0 Å². The topological polar surface area (TPSA) is 21.3 Å². The first kappa shape index (κ1) is 15.7. The Balaban J connectivity index is 2.02. The maximum atomic E-state index is 13.5. The molecule has 0 aliphatic rings. The van der Waals surface area contributed by atoms with Gasteiger partial charge in [0.05, 0.1) is 5.02 Å². The minimum atomic E-state index is -0.630. The van der Waals surface area contributed by atoms with Gasteiger partial charge in [0, 0.05) is 18.2 Å². The third kappa shape index (κ3) is 4.41. The predicted octanol–water partition coefficient (Wildman–Crippen LogP) is 4.31. The monoisotopic (exact) mass is 311 g/mol. The van der Waals surface area contributed by atoms with Crippen molar-refractivity contribution in [3.05, 3.63) is 64.2 Å². The molecule has 0 amide bonds. The average Bonchev–Trinajstić information content (AvgIpc) is 2.45. The van der Waals surface area contributed by atoms with Crippen LogP contribution in [0.3, 0.4) is 0 Å². The summed E-state index contributed by atoms with van der Waals surface area (Å²) < 4.78 is 31.8. The van der Waals surface area contributed by atoms with Crippen LogP contribution in [0.5, 0.6) is 5.75 Å². The summed E-state index contributed by atoms with van der Waals surface area (Å²) >= 11 is 6.13. The second-order valence-electron chi connectivity index (χ2n) is 4.57. The number of halogens is 3. The predicted molar refractivity (Wildman–Crippen MR) is 79.5 cm³/mol. The third-order valence-electron chi connectivity index (χ3n) is 2.97. The van der Waals surface area contributed by atoms with E-state index in [-0.39, 0.29) is 12.2 Å². The van der Waals surface area contributed by atoms with Crippen LogP contribution in [0.2, 0.25) is 5.02 Å². The molecule has 0 saturated carbocycles. The molecule has 0 heterocycles. The van der Waals surface area contributed by atoms with E-state index >= 15 is 0 Å². The molecular weight excluding hydrogens is 296 g/mol. The van der Waals surface area contributed by atoms with Crippen LogP contribution >= 0.6 is 11.6 Å². The molecule has 0 aliphatic carbocycles. The highest BCUT2D eigenvalue weighted by Gasteiger charge is 2.07. The van der Waals surface area contributed by atoms with Crippen molar-refractivity contribution in [2.75, 3.05) is 6.54 Å². The van der Waals surface area contributed by atoms with Gasteiger partial charge in [0.25, 0.3) is 0 Å². The Morgan fingerprint density at radius 3 is 2.62 bits per heavy atom. The van der Waals surface area contributed by atoms with Gasteiger partial charge in [-0.25, -0.2) is 8.78 Å². The van der Waals surface area contributed by atoms with Gasteiger partial charge in [0.2, 0.25) is 0 Å². The van der Waals surface area contributed by atoms with E-state index < -0.39 is 11.6 Å². The molecule has 2 rings (SSSR count). The van der Waals surface area contributed by atoms with Crippen molar-refractivity contribution in [1.82, 2.24) is 5.32 Å². The molecule has 2 aromatic rings. The van der Waals surface area contributed by atoms with E-state index in [0.717, 1.165) is 24.7 Å². The highest BCUT2D eigenvalue weighted by atomic mass is 35.5. The highest BCUT2D eigenvalue weighted by Crippen LogP contribution is 2.26. The summed E-state index contributed by atoms with van der Waals surface area (Å²) in [6.07, 6.45) is 0. The van der Waals surface area contributed by atoms with Crippen LogP contribution in [0.4, 0.5) is 8.78 Å². The Labute approximate surface area is 127 Å². The zero-order valence-corrected chi connectivity index (χ0v) is 12.4. The van der Waals surface area contributed by atoms with E-state index in [2.05, 4.69) is 5.32 Å². The van der Waals surface area contributed by atoms with E-state index in [0.29, 0.717) is 10.8 Å². The SMILES string of the molecule is CCNCc1ccc(OCc2ccc(F)cc2F)c(Cl)c1. The Kier molecular flexibility index (Phi) is 5.53. The molecule has 0 radical (unpaired) electrons. The average molecular weight is 312 g/mol. The van der Waals surface area contributed by atoms with Gasteiger partial charge in [-0.15, -0.1) is 0 Å². The van der Waals surface area contributed by atoms with Crippen LogP contribution in [-0.4, -0.2) is 6.54 Å². The molecule has 2 aromatic carbocycles. The molecule has 2 nitrogen and oxygen atoms in total. The number of nitrogens with one attached hydrogen (secondary N) is 1. The second-order valence-corrected chi connectivity index (χ2v) is 4.98. The lowest BCUT2D eigenvalue weighted by Crippen LogP contribution is -2.11. The normalized spacial score (nSPS) is 10.7. The molecule has 0 fully saturated rings. The Morgan fingerprint density at radius 2 is 1.95 bits per heavy atom. The summed E-state index contributed by atoms with van der Waals surface area (Å²) in [6, 6.07) is 8.84. The first-order valence-electron chi connectivity index (χ1n) is 6.66. The zero-order chi connectivity index (χ0) is 15.2. The van der Waals surface area contributed by atoms with Gasteiger partial charge < -0.3 is 10.1 Å². The number of rotatable bonds is 6. The summed E-state index contributed by atoms with van der Waals surface area (Å²) in [5.74, 6) is -0.766.